The molecular weight excluding hydrogens is 364 g/mol. The van der Waals surface area contributed by atoms with Crippen LogP contribution in [0.5, 0.6) is 5.75 Å². The first-order valence-electron chi connectivity index (χ1n) is 8.15. The number of thiocarbonyl (C=S) groups is 1. The fourth-order valence-electron chi connectivity index (χ4n) is 2.17. The molecular formula is C20H20N2O4S. The third-order valence-corrected chi connectivity index (χ3v) is 3.87. The normalized spacial score (nSPS) is 10.4. The largest absolute Gasteiger partial charge is 0.484 e. The fraction of sp³-hybridized carbons (Fsp3) is 0.150. The van der Waals surface area contributed by atoms with E-state index in [9.17, 15) is 9.59 Å². The van der Waals surface area contributed by atoms with Gasteiger partial charge in [-0.05, 0) is 73.1 Å². The van der Waals surface area contributed by atoms with E-state index in [1.54, 1.807) is 24.3 Å². The first kappa shape index (κ1) is 20.1. The number of hydrogen-bond acceptors (Lipinski definition) is 4. The van der Waals surface area contributed by atoms with Gasteiger partial charge in [-0.3, -0.25) is 10.1 Å². The molecule has 0 spiro atoms. The Bertz CT molecular complexity index is 893. The summed E-state index contributed by atoms with van der Waals surface area (Å²) < 4.78 is 5.46. The van der Waals surface area contributed by atoms with Crippen LogP contribution in [0, 0.1) is 13.8 Å². The van der Waals surface area contributed by atoms with Crippen molar-refractivity contribution in [2.24, 2.45) is 0 Å². The van der Waals surface area contributed by atoms with Gasteiger partial charge in [0.25, 0.3) is 5.91 Å². The van der Waals surface area contributed by atoms with Crippen LogP contribution in [0.25, 0.3) is 6.08 Å². The molecule has 0 aliphatic rings. The monoisotopic (exact) mass is 384 g/mol. The van der Waals surface area contributed by atoms with E-state index < -0.39 is 5.97 Å². The summed E-state index contributed by atoms with van der Waals surface area (Å²) in [6.07, 6.45) is 2.51. The topological polar surface area (TPSA) is 87.7 Å². The molecule has 0 saturated heterocycles. The summed E-state index contributed by atoms with van der Waals surface area (Å²) in [6.45, 7) is 3.81. The van der Waals surface area contributed by atoms with Crippen LogP contribution >= 0.6 is 12.2 Å². The molecule has 0 bridgehead atoms. The summed E-state index contributed by atoms with van der Waals surface area (Å²) in [4.78, 5) is 22.5. The Morgan fingerprint density at radius 3 is 2.63 bits per heavy atom. The number of carbonyl (C=O) groups is 2. The van der Waals surface area contributed by atoms with Gasteiger partial charge in [-0.15, -0.1) is 0 Å². The van der Waals surface area contributed by atoms with Crippen molar-refractivity contribution in [2.45, 2.75) is 13.8 Å². The second-order valence-corrected chi connectivity index (χ2v) is 6.24. The van der Waals surface area contributed by atoms with E-state index in [4.69, 9.17) is 22.1 Å². The second kappa shape index (κ2) is 9.49. The summed E-state index contributed by atoms with van der Waals surface area (Å²) in [7, 11) is 0. The maximum Gasteiger partial charge on any atom is 0.328 e. The smallest absolute Gasteiger partial charge is 0.328 e. The van der Waals surface area contributed by atoms with E-state index in [1.807, 2.05) is 32.0 Å². The number of carboxylic acids is 1. The summed E-state index contributed by atoms with van der Waals surface area (Å²) in [6, 6.07) is 12.6. The third-order valence-electron chi connectivity index (χ3n) is 3.66. The molecule has 1 amide bonds. The number of nitrogens with one attached hydrogen (secondary N) is 2. The molecule has 2 aromatic carbocycles. The van der Waals surface area contributed by atoms with E-state index in [-0.39, 0.29) is 17.6 Å². The molecule has 2 rings (SSSR count). The average molecular weight is 384 g/mol. The lowest BCUT2D eigenvalue weighted by atomic mass is 10.1. The van der Waals surface area contributed by atoms with Gasteiger partial charge in [0.15, 0.2) is 11.7 Å². The molecule has 2 aromatic rings. The van der Waals surface area contributed by atoms with Crippen molar-refractivity contribution in [1.29, 1.82) is 0 Å². The lowest BCUT2D eigenvalue weighted by Gasteiger charge is -2.11. The van der Waals surface area contributed by atoms with Crippen molar-refractivity contribution in [1.82, 2.24) is 5.32 Å². The summed E-state index contributed by atoms with van der Waals surface area (Å²) in [5.41, 5.74) is 3.55. The van der Waals surface area contributed by atoms with Crippen molar-refractivity contribution >= 4 is 41.0 Å². The number of amides is 1. The highest BCUT2D eigenvalue weighted by Crippen LogP contribution is 2.16. The van der Waals surface area contributed by atoms with E-state index in [0.29, 0.717) is 17.0 Å². The van der Waals surface area contributed by atoms with Crippen LogP contribution in [0.3, 0.4) is 0 Å². The molecule has 140 valence electrons. The van der Waals surface area contributed by atoms with Gasteiger partial charge in [0.2, 0.25) is 0 Å². The molecule has 0 aromatic heterocycles. The van der Waals surface area contributed by atoms with Crippen molar-refractivity contribution < 1.29 is 19.4 Å². The minimum Gasteiger partial charge on any atom is -0.484 e. The highest BCUT2D eigenvalue weighted by molar-refractivity contribution is 7.80. The van der Waals surface area contributed by atoms with Gasteiger partial charge in [0, 0.05) is 11.8 Å². The highest BCUT2D eigenvalue weighted by atomic mass is 32.1. The number of rotatable bonds is 6. The maximum absolute atomic E-state index is 12.0. The minimum absolute atomic E-state index is 0.128. The molecule has 0 atom stereocenters. The molecule has 0 unspecified atom stereocenters. The molecule has 0 aliphatic heterocycles. The molecule has 3 N–H and O–H groups in total. The molecule has 6 nitrogen and oxygen atoms in total. The zero-order chi connectivity index (χ0) is 19.8. The van der Waals surface area contributed by atoms with Crippen LogP contribution in [-0.2, 0) is 9.59 Å². The number of benzene rings is 2. The standard InChI is InChI=1S/C20H20N2O4S/c1-13-6-8-17(10-14(13)2)26-12-18(23)22-20(27)21-16-5-3-4-15(11-16)7-9-19(24)25/h3-11H,12H2,1-2H3,(H,24,25)(H2,21,22,23,27)/b9-7+. The molecule has 0 radical (unpaired) electrons. The molecule has 27 heavy (non-hydrogen) atoms. The number of carboxylic acid groups (broad SMARTS) is 1. The van der Waals surface area contributed by atoms with Crippen molar-refractivity contribution in [3.63, 3.8) is 0 Å². The molecule has 0 aliphatic carbocycles. The number of ether oxygens (including phenoxy) is 1. The van der Waals surface area contributed by atoms with Crippen molar-refractivity contribution in [3.05, 3.63) is 65.2 Å². The fourth-order valence-corrected chi connectivity index (χ4v) is 2.40. The van der Waals surface area contributed by atoms with E-state index in [1.165, 1.54) is 6.08 Å². The Balaban J connectivity index is 1.85. The predicted molar refractivity (Wildman–Crippen MR) is 109 cm³/mol. The quantitative estimate of drug-likeness (QED) is 0.523. The lowest BCUT2D eigenvalue weighted by Crippen LogP contribution is -2.37. The van der Waals surface area contributed by atoms with Crippen molar-refractivity contribution in [3.8, 4) is 5.75 Å². The Hall–Kier alpha value is -3.19. The first-order chi connectivity index (χ1) is 12.8. The van der Waals surface area contributed by atoms with Crippen LogP contribution in [0.4, 0.5) is 5.69 Å². The van der Waals surface area contributed by atoms with E-state index in [0.717, 1.165) is 17.2 Å². The Morgan fingerprint density at radius 2 is 1.93 bits per heavy atom. The van der Waals surface area contributed by atoms with Crippen LogP contribution < -0.4 is 15.4 Å². The number of anilines is 1. The van der Waals surface area contributed by atoms with Crippen LogP contribution in [0.15, 0.2) is 48.5 Å². The third kappa shape index (κ3) is 6.91. The number of aryl methyl sites for hydroxylation is 2. The first-order valence-corrected chi connectivity index (χ1v) is 8.56. The van der Waals surface area contributed by atoms with Gasteiger partial charge in [-0.25, -0.2) is 4.79 Å². The Labute approximate surface area is 162 Å². The molecule has 0 heterocycles. The lowest BCUT2D eigenvalue weighted by molar-refractivity contribution is -0.131. The number of aliphatic carboxylic acids is 1. The predicted octanol–water partition coefficient (Wildman–Crippen LogP) is 3.29. The van der Waals surface area contributed by atoms with E-state index in [2.05, 4.69) is 10.6 Å². The van der Waals surface area contributed by atoms with Gasteiger partial charge in [-0.1, -0.05) is 18.2 Å². The Kier molecular flexibility index (Phi) is 7.08. The average Bonchev–Trinajstić information content (AvgIpc) is 2.61. The summed E-state index contributed by atoms with van der Waals surface area (Å²) >= 11 is 5.12. The SMILES string of the molecule is Cc1ccc(OCC(=O)NC(=S)Nc2cccc(/C=C/C(=O)O)c2)cc1C. The summed E-state index contributed by atoms with van der Waals surface area (Å²) in [5, 5.41) is 14.2. The molecule has 0 fully saturated rings. The van der Waals surface area contributed by atoms with Gasteiger partial charge in [0.1, 0.15) is 5.75 Å². The minimum atomic E-state index is -1.03. The molecule has 7 heteroatoms. The van der Waals surface area contributed by atoms with Gasteiger partial charge >= 0.3 is 5.97 Å². The Morgan fingerprint density at radius 1 is 1.15 bits per heavy atom. The highest BCUT2D eigenvalue weighted by Gasteiger charge is 2.07. The zero-order valence-electron chi connectivity index (χ0n) is 15.0. The molecule has 0 saturated carbocycles. The summed E-state index contributed by atoms with van der Waals surface area (Å²) in [5.74, 6) is -0.794. The van der Waals surface area contributed by atoms with Gasteiger partial charge < -0.3 is 15.2 Å². The van der Waals surface area contributed by atoms with Crippen molar-refractivity contribution in [2.75, 3.05) is 11.9 Å². The van der Waals surface area contributed by atoms with Gasteiger partial charge in [-0.2, -0.15) is 0 Å². The van der Waals surface area contributed by atoms with Crippen LogP contribution in [-0.4, -0.2) is 28.7 Å². The van der Waals surface area contributed by atoms with Crippen LogP contribution in [0.2, 0.25) is 0 Å². The van der Waals surface area contributed by atoms with Crippen LogP contribution in [0.1, 0.15) is 16.7 Å². The second-order valence-electron chi connectivity index (χ2n) is 5.83. The maximum atomic E-state index is 12.0. The van der Waals surface area contributed by atoms with Gasteiger partial charge in [0.05, 0.1) is 0 Å². The zero-order valence-corrected chi connectivity index (χ0v) is 15.8. The number of carbonyl (C=O) groups excluding carboxylic acids is 1. The van der Waals surface area contributed by atoms with E-state index >= 15 is 0 Å². The number of hydrogen-bond donors (Lipinski definition) is 3.